The van der Waals surface area contributed by atoms with Crippen molar-refractivity contribution in [2.24, 2.45) is 5.92 Å². The minimum atomic E-state index is -0.897. The number of carbonyl (C=O) groups excluding carboxylic acids is 2. The summed E-state index contributed by atoms with van der Waals surface area (Å²) >= 11 is 0. The van der Waals surface area contributed by atoms with Crippen molar-refractivity contribution >= 4 is 17.7 Å². The lowest BCUT2D eigenvalue weighted by molar-refractivity contribution is -0.132. The van der Waals surface area contributed by atoms with Gasteiger partial charge in [-0.25, -0.2) is 4.79 Å². The molecular formula is C23H25NO4. The van der Waals surface area contributed by atoms with Crippen molar-refractivity contribution in [1.82, 2.24) is 4.90 Å². The molecule has 1 fully saturated rings. The summed E-state index contributed by atoms with van der Waals surface area (Å²) in [7, 11) is 0. The van der Waals surface area contributed by atoms with Gasteiger partial charge in [-0.2, -0.15) is 0 Å². The van der Waals surface area contributed by atoms with Crippen LogP contribution in [0.1, 0.15) is 52.0 Å². The minimum Gasteiger partial charge on any atom is -0.478 e. The van der Waals surface area contributed by atoms with Crippen molar-refractivity contribution in [3.8, 4) is 0 Å². The summed E-state index contributed by atoms with van der Waals surface area (Å²) in [6, 6.07) is 16.2. The normalized spacial score (nSPS) is 14.6. The fourth-order valence-corrected chi connectivity index (χ4v) is 3.75. The van der Waals surface area contributed by atoms with Crippen LogP contribution in [0.5, 0.6) is 0 Å². The van der Waals surface area contributed by atoms with Gasteiger partial charge >= 0.3 is 5.97 Å². The first-order chi connectivity index (χ1) is 13.5. The molecule has 0 aliphatic carbocycles. The Labute approximate surface area is 165 Å². The number of nitrogens with zero attached hydrogens (tertiary/aromatic N) is 1. The standard InChI is InChI=1S/C23H25NO4/c25-21(18-6-2-1-3-7-18)10-11-22(26)24-14-12-17(13-15-24)16-19-8-4-5-9-20(19)23(27)28/h1-9,17H,10-16H2,(H,27,28). The molecule has 1 N–H and O–H groups in total. The van der Waals surface area contributed by atoms with Gasteiger partial charge in [0.25, 0.3) is 0 Å². The Kier molecular flexibility index (Phi) is 6.58. The van der Waals surface area contributed by atoms with Gasteiger partial charge in [0.2, 0.25) is 5.91 Å². The summed E-state index contributed by atoms with van der Waals surface area (Å²) in [6.07, 6.45) is 2.89. The lowest BCUT2D eigenvalue weighted by Gasteiger charge is -2.32. The van der Waals surface area contributed by atoms with E-state index >= 15 is 0 Å². The number of Topliss-reactive ketones (excluding diaryl/α,β-unsaturated/α-hetero) is 1. The molecule has 5 nitrogen and oxygen atoms in total. The molecule has 3 rings (SSSR count). The van der Waals surface area contributed by atoms with Crippen LogP contribution in [0.4, 0.5) is 0 Å². The molecule has 0 saturated carbocycles. The van der Waals surface area contributed by atoms with Crippen LogP contribution in [0, 0.1) is 5.92 Å². The van der Waals surface area contributed by atoms with Crippen LogP contribution < -0.4 is 0 Å². The lowest BCUT2D eigenvalue weighted by Crippen LogP contribution is -2.39. The van der Waals surface area contributed by atoms with Gasteiger partial charge in [0.05, 0.1) is 5.56 Å². The molecule has 1 amide bonds. The molecule has 1 aliphatic heterocycles. The molecule has 1 aliphatic rings. The van der Waals surface area contributed by atoms with Crippen LogP contribution in [0.25, 0.3) is 0 Å². The highest BCUT2D eigenvalue weighted by molar-refractivity contribution is 5.97. The molecule has 0 radical (unpaired) electrons. The summed E-state index contributed by atoms with van der Waals surface area (Å²) in [5, 5.41) is 9.32. The van der Waals surface area contributed by atoms with Gasteiger partial charge in [-0.05, 0) is 36.8 Å². The molecule has 28 heavy (non-hydrogen) atoms. The van der Waals surface area contributed by atoms with Crippen LogP contribution in [0.3, 0.4) is 0 Å². The van der Waals surface area contributed by atoms with Crippen molar-refractivity contribution in [3.05, 3.63) is 71.3 Å². The lowest BCUT2D eigenvalue weighted by atomic mass is 9.88. The van der Waals surface area contributed by atoms with E-state index in [9.17, 15) is 19.5 Å². The van der Waals surface area contributed by atoms with E-state index in [-0.39, 0.29) is 24.5 Å². The van der Waals surface area contributed by atoms with Gasteiger partial charge in [-0.15, -0.1) is 0 Å². The van der Waals surface area contributed by atoms with Crippen LogP contribution >= 0.6 is 0 Å². The van der Waals surface area contributed by atoms with Gasteiger partial charge in [-0.1, -0.05) is 48.5 Å². The molecule has 2 aromatic carbocycles. The number of amides is 1. The fourth-order valence-electron chi connectivity index (χ4n) is 3.75. The van der Waals surface area contributed by atoms with Crippen LogP contribution in [-0.2, 0) is 11.2 Å². The SMILES string of the molecule is O=C(CCC(=O)N1CCC(Cc2ccccc2C(=O)O)CC1)c1ccccc1. The largest absolute Gasteiger partial charge is 0.478 e. The highest BCUT2D eigenvalue weighted by atomic mass is 16.4. The summed E-state index contributed by atoms with van der Waals surface area (Å²) in [5.74, 6) is -0.510. The van der Waals surface area contributed by atoms with E-state index in [0.717, 1.165) is 24.8 Å². The van der Waals surface area contributed by atoms with Gasteiger partial charge in [0.1, 0.15) is 0 Å². The maximum atomic E-state index is 12.4. The second-order valence-electron chi connectivity index (χ2n) is 7.28. The highest BCUT2D eigenvalue weighted by Gasteiger charge is 2.24. The zero-order chi connectivity index (χ0) is 19.9. The number of carboxylic acids is 1. The predicted molar refractivity (Wildman–Crippen MR) is 106 cm³/mol. The monoisotopic (exact) mass is 379 g/mol. The van der Waals surface area contributed by atoms with E-state index in [1.54, 1.807) is 24.3 Å². The van der Waals surface area contributed by atoms with Crippen LogP contribution in [0.15, 0.2) is 54.6 Å². The van der Waals surface area contributed by atoms with E-state index in [4.69, 9.17) is 0 Å². The quantitative estimate of drug-likeness (QED) is 0.742. The first-order valence-corrected chi connectivity index (χ1v) is 9.72. The fraction of sp³-hybridized carbons (Fsp3) is 0.348. The second-order valence-corrected chi connectivity index (χ2v) is 7.28. The van der Waals surface area contributed by atoms with E-state index in [0.29, 0.717) is 30.1 Å². The highest BCUT2D eigenvalue weighted by Crippen LogP contribution is 2.24. The van der Waals surface area contributed by atoms with Gasteiger partial charge in [0.15, 0.2) is 5.78 Å². The molecule has 0 spiro atoms. The number of carboxylic acid groups (broad SMARTS) is 1. The first kappa shape index (κ1) is 19.8. The first-order valence-electron chi connectivity index (χ1n) is 9.72. The summed E-state index contributed by atoms with van der Waals surface area (Å²) in [5.41, 5.74) is 1.86. The molecule has 146 valence electrons. The number of aromatic carboxylic acids is 1. The average Bonchev–Trinajstić information content (AvgIpc) is 2.73. The Balaban J connectivity index is 1.47. The van der Waals surface area contributed by atoms with Crippen molar-refractivity contribution in [3.63, 3.8) is 0 Å². The number of ketones is 1. The van der Waals surface area contributed by atoms with Crippen molar-refractivity contribution in [2.75, 3.05) is 13.1 Å². The van der Waals surface area contributed by atoms with Crippen molar-refractivity contribution in [2.45, 2.75) is 32.1 Å². The maximum absolute atomic E-state index is 12.4. The number of rotatable bonds is 7. The summed E-state index contributed by atoms with van der Waals surface area (Å²) < 4.78 is 0. The molecule has 0 atom stereocenters. The smallest absolute Gasteiger partial charge is 0.335 e. The number of benzene rings is 2. The van der Waals surface area contributed by atoms with E-state index < -0.39 is 5.97 Å². The number of piperidine rings is 1. The summed E-state index contributed by atoms with van der Waals surface area (Å²) in [4.78, 5) is 37.8. The average molecular weight is 379 g/mol. The third-order valence-corrected chi connectivity index (χ3v) is 5.39. The molecule has 0 bridgehead atoms. The molecule has 2 aromatic rings. The zero-order valence-corrected chi connectivity index (χ0v) is 15.8. The third-order valence-electron chi connectivity index (χ3n) is 5.39. The molecule has 0 aromatic heterocycles. The maximum Gasteiger partial charge on any atom is 0.335 e. The topological polar surface area (TPSA) is 74.7 Å². The molecule has 1 heterocycles. The molecule has 1 saturated heterocycles. The van der Waals surface area contributed by atoms with Gasteiger partial charge < -0.3 is 10.0 Å². The molecule has 0 unspecified atom stereocenters. The van der Waals surface area contributed by atoms with Crippen molar-refractivity contribution in [1.29, 1.82) is 0 Å². The minimum absolute atomic E-state index is 0.00545. The molecular weight excluding hydrogens is 354 g/mol. The molecule has 5 heteroatoms. The number of hydrogen-bond acceptors (Lipinski definition) is 3. The Morgan fingerprint density at radius 3 is 2.21 bits per heavy atom. The summed E-state index contributed by atoms with van der Waals surface area (Å²) in [6.45, 7) is 1.33. The van der Waals surface area contributed by atoms with E-state index in [1.807, 2.05) is 35.2 Å². The van der Waals surface area contributed by atoms with E-state index in [2.05, 4.69) is 0 Å². The number of carbonyl (C=O) groups is 3. The predicted octanol–water partition coefficient (Wildman–Crippen LogP) is 3.83. The zero-order valence-electron chi connectivity index (χ0n) is 15.8. The third kappa shape index (κ3) is 5.06. The second kappa shape index (κ2) is 9.31. The van der Waals surface area contributed by atoms with Crippen LogP contribution in [-0.4, -0.2) is 40.8 Å². The van der Waals surface area contributed by atoms with E-state index in [1.165, 1.54) is 0 Å². The van der Waals surface area contributed by atoms with Crippen LogP contribution in [0.2, 0.25) is 0 Å². The Morgan fingerprint density at radius 1 is 0.893 bits per heavy atom. The Hall–Kier alpha value is -2.95. The Bertz CT molecular complexity index is 839. The number of likely N-dealkylation sites (tertiary alicyclic amines) is 1. The van der Waals surface area contributed by atoms with Gasteiger partial charge in [-0.3, -0.25) is 9.59 Å². The van der Waals surface area contributed by atoms with Gasteiger partial charge in [0, 0.05) is 31.5 Å². The van der Waals surface area contributed by atoms with Crippen molar-refractivity contribution < 1.29 is 19.5 Å². The number of hydrogen-bond donors (Lipinski definition) is 1. The Morgan fingerprint density at radius 2 is 1.54 bits per heavy atom.